The molecule has 2 N–H and O–H groups in total. The van der Waals surface area contributed by atoms with Crippen molar-refractivity contribution in [3.8, 4) is 0 Å². The van der Waals surface area contributed by atoms with Gasteiger partial charge in [0.15, 0.2) is 0 Å². The number of fused-ring (bicyclic) bond motifs is 2. The number of hydrogen-bond acceptors (Lipinski definition) is 7. The van der Waals surface area contributed by atoms with E-state index >= 15 is 0 Å². The van der Waals surface area contributed by atoms with Crippen molar-refractivity contribution in [2.45, 2.75) is 6.61 Å². The highest BCUT2D eigenvalue weighted by atomic mass is 16.5. The molecule has 8 nitrogen and oxygen atoms in total. The van der Waals surface area contributed by atoms with Crippen LogP contribution in [0.25, 0.3) is 11.3 Å². The predicted octanol–water partition coefficient (Wildman–Crippen LogP) is 2.32. The first-order chi connectivity index (χ1) is 15.7. The molecule has 1 fully saturated rings. The molecule has 0 radical (unpaired) electrons. The summed E-state index contributed by atoms with van der Waals surface area (Å²) in [6.07, 6.45) is 0. The number of nitrogens with one attached hydrogen (secondary N) is 2. The molecule has 0 atom stereocenters. The fourth-order valence-corrected chi connectivity index (χ4v) is 4.17. The predicted molar refractivity (Wildman–Crippen MR) is 120 cm³/mol. The van der Waals surface area contributed by atoms with E-state index < -0.39 is 0 Å². The Labute approximate surface area is 186 Å². The smallest absolute Gasteiger partial charge is 0.320 e. The van der Waals surface area contributed by atoms with Gasteiger partial charge in [0.25, 0.3) is 5.91 Å². The Morgan fingerprint density at radius 1 is 1.12 bits per heavy atom. The number of para-hydroxylation sites is 1. The topological polar surface area (TPSA) is 89.1 Å². The first-order valence-electron chi connectivity index (χ1n) is 10.8. The first-order valence-corrected chi connectivity index (χ1v) is 10.8. The van der Waals surface area contributed by atoms with E-state index in [2.05, 4.69) is 10.6 Å². The van der Waals surface area contributed by atoms with Gasteiger partial charge in [0.1, 0.15) is 19.0 Å². The molecular weight excluding hydrogens is 410 g/mol. The van der Waals surface area contributed by atoms with Gasteiger partial charge >= 0.3 is 5.97 Å². The second-order valence-electron chi connectivity index (χ2n) is 7.90. The van der Waals surface area contributed by atoms with Gasteiger partial charge in [-0.05, 0) is 24.3 Å². The second kappa shape index (κ2) is 9.02. The third kappa shape index (κ3) is 4.19. The average Bonchev–Trinajstić information content (AvgIpc) is 3.36. The van der Waals surface area contributed by atoms with E-state index in [0.717, 1.165) is 41.2 Å². The summed E-state index contributed by atoms with van der Waals surface area (Å²) in [7, 11) is 0. The van der Waals surface area contributed by atoms with Crippen molar-refractivity contribution in [1.82, 2.24) is 4.90 Å². The molecule has 0 spiro atoms. The lowest BCUT2D eigenvalue weighted by atomic mass is 10.0. The molecule has 3 aliphatic heterocycles. The fraction of sp³-hybridized carbons (Fsp3) is 0.333. The van der Waals surface area contributed by atoms with Gasteiger partial charge in [-0.15, -0.1) is 0 Å². The Morgan fingerprint density at radius 2 is 1.97 bits per heavy atom. The number of amides is 1. The largest absolute Gasteiger partial charge is 0.487 e. The zero-order chi connectivity index (χ0) is 21.9. The van der Waals surface area contributed by atoms with Crippen LogP contribution >= 0.6 is 0 Å². The van der Waals surface area contributed by atoms with Gasteiger partial charge in [0.05, 0.1) is 25.3 Å². The van der Waals surface area contributed by atoms with E-state index in [4.69, 9.17) is 14.2 Å². The molecule has 0 saturated carbocycles. The highest BCUT2D eigenvalue weighted by Gasteiger charge is 2.32. The maximum atomic E-state index is 12.5. The van der Waals surface area contributed by atoms with Crippen LogP contribution in [0.4, 0.5) is 11.4 Å². The van der Waals surface area contributed by atoms with Crippen LogP contribution in [0.3, 0.4) is 0 Å². The number of rotatable bonds is 6. The summed E-state index contributed by atoms with van der Waals surface area (Å²) in [5.41, 5.74) is 5.10. The molecule has 0 aromatic heterocycles. The lowest BCUT2D eigenvalue weighted by Gasteiger charge is -2.25. The molecule has 3 aliphatic rings. The number of esters is 1. The molecule has 32 heavy (non-hydrogen) atoms. The molecule has 2 aromatic rings. The molecule has 5 rings (SSSR count). The van der Waals surface area contributed by atoms with Gasteiger partial charge in [-0.3, -0.25) is 14.5 Å². The number of anilines is 2. The van der Waals surface area contributed by atoms with Gasteiger partial charge in [0.2, 0.25) is 0 Å². The van der Waals surface area contributed by atoms with Gasteiger partial charge < -0.3 is 24.8 Å². The van der Waals surface area contributed by atoms with Crippen LogP contribution in [-0.4, -0.2) is 62.8 Å². The van der Waals surface area contributed by atoms with Crippen LogP contribution < -0.4 is 10.6 Å². The number of hydrogen-bond donors (Lipinski definition) is 2. The lowest BCUT2D eigenvalue weighted by molar-refractivity contribution is -0.145. The van der Waals surface area contributed by atoms with Crippen molar-refractivity contribution in [3.05, 3.63) is 59.2 Å². The Bertz CT molecular complexity index is 1080. The standard InChI is InChI=1S/C24H25N3O5/c28-21(14-27-8-11-30-12-9-27)31-10-7-25-17-5-6-18-16(13-17)15-32-23(18)22-19-3-1-2-4-20(19)26-24(22)29/h1-6,13,25H,7-12,14-15H2,(H,26,29)/b23-22+. The minimum absolute atomic E-state index is 0.143. The Hall–Kier alpha value is -3.36. The Kier molecular flexibility index (Phi) is 5.79. The van der Waals surface area contributed by atoms with Gasteiger partial charge in [-0.1, -0.05) is 18.2 Å². The molecule has 2 aromatic carbocycles. The highest BCUT2D eigenvalue weighted by molar-refractivity contribution is 6.36. The second-order valence-corrected chi connectivity index (χ2v) is 7.90. The van der Waals surface area contributed by atoms with Crippen molar-refractivity contribution in [3.63, 3.8) is 0 Å². The molecule has 0 bridgehead atoms. The molecule has 3 heterocycles. The van der Waals surface area contributed by atoms with Crippen molar-refractivity contribution in [2.24, 2.45) is 0 Å². The minimum Gasteiger partial charge on any atom is -0.487 e. The van der Waals surface area contributed by atoms with Crippen molar-refractivity contribution < 1.29 is 23.8 Å². The van der Waals surface area contributed by atoms with E-state index in [1.165, 1.54) is 0 Å². The van der Waals surface area contributed by atoms with Crippen molar-refractivity contribution in [2.75, 3.05) is 56.6 Å². The maximum absolute atomic E-state index is 12.5. The third-order valence-corrected chi connectivity index (χ3v) is 5.77. The fourth-order valence-electron chi connectivity index (χ4n) is 4.17. The monoisotopic (exact) mass is 435 g/mol. The molecule has 8 heteroatoms. The molecule has 1 saturated heterocycles. The summed E-state index contributed by atoms with van der Waals surface area (Å²) in [6, 6.07) is 13.5. The number of benzene rings is 2. The number of nitrogens with zero attached hydrogens (tertiary/aromatic N) is 1. The summed E-state index contributed by atoms with van der Waals surface area (Å²) < 4.78 is 16.5. The highest BCUT2D eigenvalue weighted by Crippen LogP contribution is 2.41. The van der Waals surface area contributed by atoms with E-state index in [9.17, 15) is 9.59 Å². The quantitative estimate of drug-likeness (QED) is 0.409. The zero-order valence-corrected chi connectivity index (χ0v) is 17.7. The third-order valence-electron chi connectivity index (χ3n) is 5.77. The van der Waals surface area contributed by atoms with E-state index in [1.54, 1.807) is 0 Å². The van der Waals surface area contributed by atoms with E-state index in [0.29, 0.717) is 50.8 Å². The number of morpholine rings is 1. The minimum atomic E-state index is -0.220. The number of ether oxygens (including phenoxy) is 3. The van der Waals surface area contributed by atoms with Crippen LogP contribution in [0.1, 0.15) is 16.7 Å². The van der Waals surface area contributed by atoms with Crippen LogP contribution in [0.5, 0.6) is 0 Å². The normalized spacial score (nSPS) is 19.7. The molecule has 0 unspecified atom stereocenters. The van der Waals surface area contributed by atoms with Gasteiger partial charge in [-0.25, -0.2) is 0 Å². The lowest BCUT2D eigenvalue weighted by Crippen LogP contribution is -2.40. The van der Waals surface area contributed by atoms with Crippen LogP contribution in [0.15, 0.2) is 42.5 Å². The summed E-state index contributed by atoms with van der Waals surface area (Å²) in [6.45, 7) is 4.35. The molecular formula is C24H25N3O5. The zero-order valence-electron chi connectivity index (χ0n) is 17.7. The molecule has 166 valence electrons. The Morgan fingerprint density at radius 3 is 2.84 bits per heavy atom. The molecule has 0 aliphatic carbocycles. The van der Waals surface area contributed by atoms with E-state index in [-0.39, 0.29) is 11.9 Å². The summed E-state index contributed by atoms with van der Waals surface area (Å²) in [4.78, 5) is 26.5. The van der Waals surface area contributed by atoms with E-state index in [1.807, 2.05) is 47.4 Å². The van der Waals surface area contributed by atoms with Gasteiger partial charge in [-0.2, -0.15) is 0 Å². The average molecular weight is 435 g/mol. The number of carbonyl (C=O) groups excluding carboxylic acids is 2. The summed E-state index contributed by atoms with van der Waals surface area (Å²) in [5.74, 6) is 0.253. The van der Waals surface area contributed by atoms with Crippen LogP contribution in [0, 0.1) is 0 Å². The summed E-state index contributed by atoms with van der Waals surface area (Å²) in [5, 5.41) is 6.18. The Balaban J connectivity index is 1.19. The molecule has 1 amide bonds. The van der Waals surface area contributed by atoms with Crippen LogP contribution in [-0.2, 0) is 30.4 Å². The maximum Gasteiger partial charge on any atom is 0.320 e. The van der Waals surface area contributed by atoms with Crippen molar-refractivity contribution in [1.29, 1.82) is 0 Å². The number of carbonyl (C=O) groups is 2. The SMILES string of the molecule is O=C(CN1CCOCC1)OCCNc1ccc2c(c1)CO/C2=C1/C(=O)Nc2ccccc21. The summed E-state index contributed by atoms with van der Waals surface area (Å²) >= 11 is 0. The van der Waals surface area contributed by atoms with Crippen molar-refractivity contribution >= 4 is 34.6 Å². The first kappa shape index (κ1) is 20.5. The van der Waals surface area contributed by atoms with Crippen LogP contribution in [0.2, 0.25) is 0 Å². The van der Waals surface area contributed by atoms with Gasteiger partial charge in [0, 0.05) is 47.7 Å².